The van der Waals surface area contributed by atoms with Gasteiger partial charge in [0.05, 0.1) is 44.5 Å². The lowest BCUT2D eigenvalue weighted by molar-refractivity contribution is -0.130. The molecule has 2 heterocycles. The largest absolute Gasteiger partial charge is 0.497 e. The first-order valence-electron chi connectivity index (χ1n) is 10.2. The average molecular weight is 428 g/mol. The highest BCUT2D eigenvalue weighted by atomic mass is 16.5. The van der Waals surface area contributed by atoms with Crippen LogP contribution in [0.25, 0.3) is 0 Å². The van der Waals surface area contributed by atoms with Crippen molar-refractivity contribution < 1.29 is 24.2 Å². The lowest BCUT2D eigenvalue weighted by atomic mass is 9.97. The highest BCUT2D eigenvalue weighted by molar-refractivity contribution is 5.89. The summed E-state index contributed by atoms with van der Waals surface area (Å²) in [5.41, 5.74) is 1.37. The molecule has 0 radical (unpaired) electrons. The van der Waals surface area contributed by atoms with Crippen LogP contribution in [0.1, 0.15) is 25.0 Å². The van der Waals surface area contributed by atoms with Crippen molar-refractivity contribution in [1.82, 2.24) is 15.6 Å². The molecule has 2 aromatic rings. The van der Waals surface area contributed by atoms with E-state index in [2.05, 4.69) is 20.9 Å². The van der Waals surface area contributed by atoms with E-state index in [0.29, 0.717) is 30.8 Å². The summed E-state index contributed by atoms with van der Waals surface area (Å²) < 4.78 is 11.0. The van der Waals surface area contributed by atoms with E-state index in [9.17, 15) is 14.7 Å². The fraction of sp³-hybridized carbons (Fsp3) is 0.409. The highest BCUT2D eigenvalue weighted by Gasteiger charge is 2.32. The summed E-state index contributed by atoms with van der Waals surface area (Å²) in [7, 11) is 1.56. The van der Waals surface area contributed by atoms with E-state index < -0.39 is 12.1 Å². The Balaban J connectivity index is 1.45. The zero-order valence-corrected chi connectivity index (χ0v) is 17.4. The second-order valence-electron chi connectivity index (χ2n) is 7.30. The molecule has 4 N–H and O–H groups in total. The van der Waals surface area contributed by atoms with Crippen molar-refractivity contribution in [2.75, 3.05) is 19.0 Å². The quantitative estimate of drug-likeness (QED) is 0.509. The summed E-state index contributed by atoms with van der Waals surface area (Å²) in [5.74, 6) is 0.491. The van der Waals surface area contributed by atoms with Gasteiger partial charge in [-0.2, -0.15) is 0 Å². The van der Waals surface area contributed by atoms with Gasteiger partial charge in [0.15, 0.2) is 0 Å². The molecule has 166 valence electrons. The minimum Gasteiger partial charge on any atom is -0.497 e. The lowest BCUT2D eigenvalue weighted by Gasteiger charge is -2.35. The Labute approximate surface area is 181 Å². The fourth-order valence-corrected chi connectivity index (χ4v) is 3.45. The summed E-state index contributed by atoms with van der Waals surface area (Å²) >= 11 is 0. The minimum absolute atomic E-state index is 0.144. The Morgan fingerprint density at radius 3 is 2.84 bits per heavy atom. The van der Waals surface area contributed by atoms with Crippen molar-refractivity contribution in [2.45, 2.75) is 44.1 Å². The van der Waals surface area contributed by atoms with Crippen LogP contribution in [-0.2, 0) is 16.1 Å². The number of benzene rings is 1. The van der Waals surface area contributed by atoms with Gasteiger partial charge in [0.1, 0.15) is 11.9 Å². The molecule has 3 amide bonds. The highest BCUT2D eigenvalue weighted by Crippen LogP contribution is 2.22. The third kappa shape index (κ3) is 6.94. The molecule has 0 aliphatic carbocycles. The topological polar surface area (TPSA) is 122 Å². The number of pyridine rings is 1. The number of carbonyl (C=O) groups excluding carboxylic acids is 2. The lowest BCUT2D eigenvalue weighted by Crippen LogP contribution is -2.52. The number of rotatable bonds is 8. The van der Waals surface area contributed by atoms with Crippen molar-refractivity contribution in [3.05, 3.63) is 54.4 Å². The van der Waals surface area contributed by atoms with Gasteiger partial charge in [-0.25, -0.2) is 4.79 Å². The van der Waals surface area contributed by atoms with Gasteiger partial charge in [-0.1, -0.05) is 12.1 Å². The molecule has 0 saturated carbocycles. The predicted octanol–water partition coefficient (Wildman–Crippen LogP) is 1.83. The minimum atomic E-state index is -0.585. The first-order valence-corrected chi connectivity index (χ1v) is 10.2. The third-order valence-corrected chi connectivity index (χ3v) is 5.05. The van der Waals surface area contributed by atoms with E-state index in [4.69, 9.17) is 9.47 Å². The summed E-state index contributed by atoms with van der Waals surface area (Å²) in [5, 5.41) is 18.1. The SMILES string of the molecule is COc1cccc(NC(=O)N[C@H]2CC[C@@H](CC(=O)NCc3ccccn3)O[C@@H]2CO)c1. The van der Waals surface area contributed by atoms with Crippen LogP contribution >= 0.6 is 0 Å². The number of hydrogen-bond donors (Lipinski definition) is 4. The third-order valence-electron chi connectivity index (χ3n) is 5.05. The van der Waals surface area contributed by atoms with Crippen molar-refractivity contribution in [3.8, 4) is 5.75 Å². The number of carbonyl (C=O) groups is 2. The monoisotopic (exact) mass is 428 g/mol. The number of urea groups is 1. The molecule has 0 bridgehead atoms. The fourth-order valence-electron chi connectivity index (χ4n) is 3.45. The smallest absolute Gasteiger partial charge is 0.319 e. The van der Waals surface area contributed by atoms with Crippen LogP contribution in [0.2, 0.25) is 0 Å². The summed E-state index contributed by atoms with van der Waals surface area (Å²) in [4.78, 5) is 28.7. The number of aliphatic hydroxyl groups is 1. The first-order chi connectivity index (χ1) is 15.1. The number of nitrogens with one attached hydrogen (secondary N) is 3. The molecule has 1 saturated heterocycles. The zero-order chi connectivity index (χ0) is 22.1. The number of aromatic nitrogens is 1. The van der Waals surface area contributed by atoms with Crippen LogP contribution in [0, 0.1) is 0 Å². The number of anilines is 1. The van der Waals surface area contributed by atoms with Gasteiger partial charge in [-0.3, -0.25) is 9.78 Å². The summed E-state index contributed by atoms with van der Waals surface area (Å²) in [6.07, 6.45) is 2.15. The van der Waals surface area contributed by atoms with E-state index in [1.165, 1.54) is 0 Å². The van der Waals surface area contributed by atoms with E-state index in [0.717, 1.165) is 5.69 Å². The van der Waals surface area contributed by atoms with Gasteiger partial charge in [0.2, 0.25) is 5.91 Å². The molecule has 9 nitrogen and oxygen atoms in total. The van der Waals surface area contributed by atoms with Gasteiger partial charge in [0, 0.05) is 18.0 Å². The first kappa shape index (κ1) is 22.5. The Morgan fingerprint density at radius 2 is 2.10 bits per heavy atom. The van der Waals surface area contributed by atoms with Crippen LogP contribution in [0.3, 0.4) is 0 Å². The molecule has 9 heteroatoms. The number of amides is 3. The molecule has 0 unspecified atom stereocenters. The standard InChI is InChI=1S/C22H28N4O5/c1-30-17-7-4-6-15(11-17)25-22(29)26-19-9-8-18(31-20(19)14-27)12-21(28)24-13-16-5-2-3-10-23-16/h2-7,10-11,18-20,27H,8-9,12-14H2,1H3,(H,24,28)(H2,25,26,29)/t18-,19-,20+/m0/s1. The van der Waals surface area contributed by atoms with Crippen LogP contribution in [0.5, 0.6) is 5.75 Å². The Bertz CT molecular complexity index is 864. The molecule has 3 atom stereocenters. The van der Waals surface area contributed by atoms with Crippen molar-refractivity contribution in [1.29, 1.82) is 0 Å². The molecule has 31 heavy (non-hydrogen) atoms. The average Bonchev–Trinajstić information content (AvgIpc) is 2.79. The summed E-state index contributed by atoms with van der Waals surface area (Å²) in [6, 6.07) is 11.8. The molecule has 0 spiro atoms. The van der Waals surface area contributed by atoms with Crippen LogP contribution < -0.4 is 20.7 Å². The predicted molar refractivity (Wildman–Crippen MR) is 115 cm³/mol. The number of nitrogens with zero attached hydrogens (tertiary/aromatic N) is 1. The van der Waals surface area contributed by atoms with Crippen molar-refractivity contribution in [3.63, 3.8) is 0 Å². The van der Waals surface area contributed by atoms with Gasteiger partial charge >= 0.3 is 6.03 Å². The molecule has 1 aromatic carbocycles. The van der Waals surface area contributed by atoms with Gasteiger partial charge in [-0.05, 0) is 37.1 Å². The van der Waals surface area contributed by atoms with Crippen LogP contribution in [0.4, 0.5) is 10.5 Å². The van der Waals surface area contributed by atoms with Gasteiger partial charge in [0.25, 0.3) is 0 Å². The van der Waals surface area contributed by atoms with Crippen LogP contribution in [0.15, 0.2) is 48.7 Å². The second kappa shape index (κ2) is 11.3. The molecular formula is C22H28N4O5. The molecule has 3 rings (SSSR count). The zero-order valence-electron chi connectivity index (χ0n) is 17.4. The molecule has 1 aromatic heterocycles. The number of ether oxygens (including phenoxy) is 2. The van der Waals surface area contributed by atoms with E-state index in [-0.39, 0.29) is 31.1 Å². The number of methoxy groups -OCH3 is 1. The van der Waals surface area contributed by atoms with Crippen molar-refractivity contribution in [2.24, 2.45) is 0 Å². The maximum absolute atomic E-state index is 12.4. The van der Waals surface area contributed by atoms with E-state index in [1.807, 2.05) is 18.2 Å². The van der Waals surface area contributed by atoms with E-state index >= 15 is 0 Å². The Hall–Kier alpha value is -3.17. The van der Waals surface area contributed by atoms with Crippen LogP contribution in [-0.4, -0.2) is 54.0 Å². The summed E-state index contributed by atoms with van der Waals surface area (Å²) in [6.45, 7) is 0.0978. The van der Waals surface area contributed by atoms with Gasteiger partial charge in [-0.15, -0.1) is 0 Å². The maximum Gasteiger partial charge on any atom is 0.319 e. The Kier molecular flexibility index (Phi) is 8.19. The molecule has 1 aliphatic heterocycles. The van der Waals surface area contributed by atoms with Gasteiger partial charge < -0.3 is 30.5 Å². The number of hydrogen-bond acceptors (Lipinski definition) is 6. The second-order valence-corrected chi connectivity index (χ2v) is 7.30. The molecular weight excluding hydrogens is 400 g/mol. The number of aliphatic hydroxyl groups excluding tert-OH is 1. The normalized spacial score (nSPS) is 20.5. The maximum atomic E-state index is 12.4. The molecule has 1 aliphatic rings. The van der Waals surface area contributed by atoms with Crippen molar-refractivity contribution >= 4 is 17.6 Å². The Morgan fingerprint density at radius 1 is 1.23 bits per heavy atom. The molecule has 1 fully saturated rings. The van der Waals surface area contributed by atoms with E-state index in [1.54, 1.807) is 37.6 Å².